The van der Waals surface area contributed by atoms with Crippen molar-refractivity contribution in [3.63, 3.8) is 0 Å². The van der Waals surface area contributed by atoms with Crippen molar-refractivity contribution in [3.05, 3.63) is 77.7 Å². The zero-order valence-electron chi connectivity index (χ0n) is 14.7. The van der Waals surface area contributed by atoms with Crippen molar-refractivity contribution >= 4 is 11.6 Å². The summed E-state index contributed by atoms with van der Waals surface area (Å²) in [6.45, 7) is 0.0413. The van der Waals surface area contributed by atoms with Crippen molar-refractivity contribution in [2.24, 2.45) is 0 Å². The molecule has 28 heavy (non-hydrogen) atoms. The molecule has 1 amide bonds. The lowest BCUT2D eigenvalue weighted by Gasteiger charge is -2.12. The van der Waals surface area contributed by atoms with E-state index in [0.29, 0.717) is 17.3 Å². The van der Waals surface area contributed by atoms with Crippen LogP contribution in [-0.4, -0.2) is 13.0 Å². The van der Waals surface area contributed by atoms with E-state index >= 15 is 0 Å². The van der Waals surface area contributed by atoms with Crippen LogP contribution in [0.3, 0.4) is 0 Å². The Balaban J connectivity index is 1.66. The van der Waals surface area contributed by atoms with Crippen molar-refractivity contribution in [2.75, 3.05) is 12.4 Å². The number of carbonyl (C=O) groups is 1. The van der Waals surface area contributed by atoms with Gasteiger partial charge in [-0.25, -0.2) is 0 Å². The van der Waals surface area contributed by atoms with Gasteiger partial charge in [-0.2, -0.15) is 13.2 Å². The van der Waals surface area contributed by atoms with Gasteiger partial charge in [0, 0.05) is 6.07 Å². The van der Waals surface area contributed by atoms with Crippen LogP contribution in [0.15, 0.2) is 65.1 Å². The summed E-state index contributed by atoms with van der Waals surface area (Å²) < 4.78 is 55.1. The first-order valence-electron chi connectivity index (χ1n) is 8.20. The molecule has 0 aliphatic carbocycles. The van der Waals surface area contributed by atoms with Crippen LogP contribution in [0.25, 0.3) is 0 Å². The highest BCUT2D eigenvalue weighted by molar-refractivity contribution is 6.02. The molecule has 0 saturated heterocycles. The third kappa shape index (κ3) is 4.64. The number of hydrogen-bond donors (Lipinski definition) is 1. The number of alkyl halides is 3. The molecule has 0 aliphatic rings. The number of hydrogen-bond acceptors (Lipinski definition) is 4. The Hall–Kier alpha value is -3.42. The Labute approximate surface area is 158 Å². The van der Waals surface area contributed by atoms with Gasteiger partial charge in [0.05, 0.1) is 18.4 Å². The molecule has 0 bridgehead atoms. The van der Waals surface area contributed by atoms with E-state index in [-0.39, 0.29) is 18.1 Å². The van der Waals surface area contributed by atoms with Gasteiger partial charge in [-0.3, -0.25) is 4.79 Å². The quantitative estimate of drug-likeness (QED) is 0.632. The lowest BCUT2D eigenvalue weighted by molar-refractivity contribution is -0.136. The molecule has 146 valence electrons. The molecule has 0 atom stereocenters. The van der Waals surface area contributed by atoms with Crippen LogP contribution in [0.2, 0.25) is 0 Å². The number of halogens is 3. The second-order valence-electron chi connectivity index (χ2n) is 5.73. The van der Waals surface area contributed by atoms with Crippen LogP contribution in [0.1, 0.15) is 21.9 Å². The molecule has 0 aliphatic heterocycles. The highest BCUT2D eigenvalue weighted by Crippen LogP contribution is 2.34. The van der Waals surface area contributed by atoms with E-state index in [9.17, 15) is 18.0 Å². The van der Waals surface area contributed by atoms with E-state index in [4.69, 9.17) is 13.9 Å². The molecule has 1 aromatic heterocycles. The Morgan fingerprint density at radius 1 is 1.04 bits per heavy atom. The summed E-state index contributed by atoms with van der Waals surface area (Å²) in [6, 6.07) is 14.5. The summed E-state index contributed by atoms with van der Waals surface area (Å²) in [5.41, 5.74) is -1.28. The number of benzene rings is 2. The van der Waals surface area contributed by atoms with Crippen LogP contribution in [0, 0.1) is 0 Å². The number of carbonyl (C=O) groups excluding carboxylic acids is 1. The van der Waals surface area contributed by atoms with Crippen molar-refractivity contribution < 1.29 is 31.9 Å². The van der Waals surface area contributed by atoms with Crippen LogP contribution in [-0.2, 0) is 12.8 Å². The zero-order chi connectivity index (χ0) is 20.1. The third-order valence-electron chi connectivity index (χ3n) is 3.79. The molecule has 0 spiro atoms. The predicted octanol–water partition coefficient (Wildman–Crippen LogP) is 5.14. The number of furan rings is 1. The van der Waals surface area contributed by atoms with Crippen molar-refractivity contribution in [1.82, 2.24) is 0 Å². The zero-order valence-corrected chi connectivity index (χ0v) is 14.7. The Morgan fingerprint density at radius 2 is 1.79 bits per heavy atom. The molecular formula is C20H16F3NO4. The van der Waals surface area contributed by atoms with E-state index in [1.54, 1.807) is 24.3 Å². The largest absolute Gasteiger partial charge is 0.497 e. The highest BCUT2D eigenvalue weighted by Gasteiger charge is 2.33. The SMILES string of the molecule is COc1cccc(OCc2ccc(C(=O)Nc3ccccc3C(F)(F)F)o2)c1. The maximum Gasteiger partial charge on any atom is 0.418 e. The van der Waals surface area contributed by atoms with E-state index in [0.717, 1.165) is 6.07 Å². The fourth-order valence-corrected chi connectivity index (χ4v) is 2.45. The first-order valence-corrected chi connectivity index (χ1v) is 8.20. The number of para-hydroxylation sites is 1. The Morgan fingerprint density at radius 3 is 2.54 bits per heavy atom. The maximum absolute atomic E-state index is 13.0. The van der Waals surface area contributed by atoms with Gasteiger partial charge in [0.1, 0.15) is 23.9 Å². The minimum Gasteiger partial charge on any atom is -0.497 e. The molecule has 8 heteroatoms. The predicted molar refractivity (Wildman–Crippen MR) is 95.4 cm³/mol. The fraction of sp³-hybridized carbons (Fsp3) is 0.150. The number of ether oxygens (including phenoxy) is 2. The summed E-state index contributed by atoms with van der Waals surface area (Å²) in [7, 11) is 1.54. The first kappa shape index (κ1) is 19.3. The van der Waals surface area contributed by atoms with Gasteiger partial charge in [-0.1, -0.05) is 18.2 Å². The molecular weight excluding hydrogens is 375 g/mol. The fourth-order valence-electron chi connectivity index (χ4n) is 2.45. The lowest BCUT2D eigenvalue weighted by atomic mass is 10.1. The number of anilines is 1. The summed E-state index contributed by atoms with van der Waals surface area (Å²) in [4.78, 5) is 12.2. The standard InChI is InChI=1S/C20H16F3NO4/c1-26-13-5-4-6-14(11-13)27-12-15-9-10-18(28-15)19(25)24-17-8-3-2-7-16(17)20(21,22)23/h2-11H,12H2,1H3,(H,24,25). The van der Waals surface area contributed by atoms with E-state index in [1.807, 2.05) is 0 Å². The summed E-state index contributed by atoms with van der Waals surface area (Å²) in [5, 5.41) is 2.23. The first-order chi connectivity index (χ1) is 13.4. The molecule has 1 heterocycles. The number of rotatable bonds is 6. The second-order valence-corrected chi connectivity index (χ2v) is 5.73. The van der Waals surface area contributed by atoms with Gasteiger partial charge >= 0.3 is 6.18 Å². The molecule has 1 N–H and O–H groups in total. The monoisotopic (exact) mass is 391 g/mol. The van der Waals surface area contributed by atoms with Crippen molar-refractivity contribution in [1.29, 1.82) is 0 Å². The molecule has 2 aromatic carbocycles. The third-order valence-corrected chi connectivity index (χ3v) is 3.79. The maximum atomic E-state index is 13.0. The Kier molecular flexibility index (Phi) is 5.58. The molecule has 3 rings (SSSR count). The summed E-state index contributed by atoms with van der Waals surface area (Å²) in [6.07, 6.45) is -4.58. The average molecular weight is 391 g/mol. The molecule has 0 unspecified atom stereocenters. The minimum atomic E-state index is -4.58. The van der Waals surface area contributed by atoms with Gasteiger partial charge in [-0.05, 0) is 36.4 Å². The van der Waals surface area contributed by atoms with Crippen LogP contribution >= 0.6 is 0 Å². The molecule has 0 saturated carbocycles. The van der Waals surface area contributed by atoms with Crippen LogP contribution in [0.5, 0.6) is 11.5 Å². The van der Waals surface area contributed by atoms with E-state index in [1.165, 1.54) is 37.4 Å². The lowest BCUT2D eigenvalue weighted by Crippen LogP contribution is -2.16. The molecule has 3 aromatic rings. The summed E-state index contributed by atoms with van der Waals surface area (Å²) >= 11 is 0. The number of nitrogens with one attached hydrogen (secondary N) is 1. The van der Waals surface area contributed by atoms with Crippen LogP contribution < -0.4 is 14.8 Å². The highest BCUT2D eigenvalue weighted by atomic mass is 19.4. The van der Waals surface area contributed by atoms with E-state index in [2.05, 4.69) is 5.32 Å². The van der Waals surface area contributed by atoms with Gasteiger partial charge < -0.3 is 19.2 Å². The van der Waals surface area contributed by atoms with Gasteiger partial charge in [0.2, 0.25) is 0 Å². The topological polar surface area (TPSA) is 60.7 Å². The summed E-state index contributed by atoms with van der Waals surface area (Å²) in [5.74, 6) is 0.601. The molecule has 5 nitrogen and oxygen atoms in total. The molecule has 0 radical (unpaired) electrons. The van der Waals surface area contributed by atoms with Gasteiger partial charge in [0.25, 0.3) is 5.91 Å². The number of methoxy groups -OCH3 is 1. The Bertz CT molecular complexity index is 966. The normalized spacial score (nSPS) is 11.1. The van der Waals surface area contributed by atoms with Crippen molar-refractivity contribution in [3.8, 4) is 11.5 Å². The van der Waals surface area contributed by atoms with Crippen molar-refractivity contribution in [2.45, 2.75) is 12.8 Å². The van der Waals surface area contributed by atoms with Crippen LogP contribution in [0.4, 0.5) is 18.9 Å². The second kappa shape index (κ2) is 8.08. The minimum absolute atomic E-state index is 0.0413. The average Bonchev–Trinajstić information content (AvgIpc) is 3.15. The smallest absolute Gasteiger partial charge is 0.418 e. The van der Waals surface area contributed by atoms with Gasteiger partial charge in [0.15, 0.2) is 5.76 Å². The number of amides is 1. The molecule has 0 fully saturated rings. The van der Waals surface area contributed by atoms with E-state index < -0.39 is 17.6 Å². The van der Waals surface area contributed by atoms with Gasteiger partial charge in [-0.15, -0.1) is 0 Å².